The first-order valence-corrected chi connectivity index (χ1v) is 12.1. The topological polar surface area (TPSA) is 42.0 Å². The molecule has 0 fully saturated rings. The second kappa shape index (κ2) is 10.5. The Kier molecular flexibility index (Phi) is 7.23. The highest BCUT2D eigenvalue weighted by Crippen LogP contribution is 2.37. The zero-order valence-electron chi connectivity index (χ0n) is 18.5. The van der Waals surface area contributed by atoms with Crippen LogP contribution in [0.3, 0.4) is 0 Å². The summed E-state index contributed by atoms with van der Waals surface area (Å²) in [4.78, 5) is 19.4. The molecule has 0 aliphatic rings. The lowest BCUT2D eigenvalue weighted by Crippen LogP contribution is -2.29. The SMILES string of the molecule is CCSc1c(-c2ccccc2)nc2ccccc2c1CC(=O)N[C@@H](CC)c1ccccc1. The summed E-state index contributed by atoms with van der Waals surface area (Å²) in [5.41, 5.74) is 5.14. The van der Waals surface area contributed by atoms with Gasteiger partial charge in [0.15, 0.2) is 0 Å². The maximum Gasteiger partial charge on any atom is 0.224 e. The van der Waals surface area contributed by atoms with Crippen molar-refractivity contribution in [3.05, 3.63) is 96.1 Å². The Morgan fingerprint density at radius 2 is 1.56 bits per heavy atom. The maximum absolute atomic E-state index is 13.3. The van der Waals surface area contributed by atoms with Crippen molar-refractivity contribution in [1.29, 1.82) is 0 Å². The van der Waals surface area contributed by atoms with E-state index in [1.807, 2.05) is 54.6 Å². The standard InChI is InChI=1S/C28H28N2OS/c1-3-24(20-13-7-5-8-14-20)29-26(31)19-23-22-17-11-12-18-25(22)30-27(28(23)32-4-2)21-15-9-6-10-16-21/h5-18,24H,3-4,19H2,1-2H3,(H,29,31)/t24-/m0/s1. The molecule has 1 amide bonds. The number of carbonyl (C=O) groups excluding carboxylic acids is 1. The Balaban J connectivity index is 1.75. The van der Waals surface area contributed by atoms with E-state index >= 15 is 0 Å². The quantitative estimate of drug-likeness (QED) is 0.306. The Labute approximate surface area is 194 Å². The maximum atomic E-state index is 13.3. The first kappa shape index (κ1) is 22.1. The molecular formula is C28H28N2OS. The van der Waals surface area contributed by atoms with E-state index in [1.165, 1.54) is 0 Å². The van der Waals surface area contributed by atoms with E-state index < -0.39 is 0 Å². The number of carbonyl (C=O) groups is 1. The third-order valence-corrected chi connectivity index (χ3v) is 6.59. The summed E-state index contributed by atoms with van der Waals surface area (Å²) in [6, 6.07) is 28.6. The van der Waals surface area contributed by atoms with Crippen LogP contribution in [0.1, 0.15) is 37.4 Å². The summed E-state index contributed by atoms with van der Waals surface area (Å²) < 4.78 is 0. The molecule has 32 heavy (non-hydrogen) atoms. The molecule has 4 heteroatoms. The fraction of sp³-hybridized carbons (Fsp3) is 0.214. The van der Waals surface area contributed by atoms with Crippen LogP contribution in [0, 0.1) is 0 Å². The Hall–Kier alpha value is -3.11. The highest BCUT2D eigenvalue weighted by molar-refractivity contribution is 7.99. The molecule has 1 aromatic heterocycles. The number of nitrogens with one attached hydrogen (secondary N) is 1. The van der Waals surface area contributed by atoms with Crippen molar-refractivity contribution in [2.45, 2.75) is 37.6 Å². The van der Waals surface area contributed by atoms with Crippen LogP contribution in [0.25, 0.3) is 22.2 Å². The minimum absolute atomic E-state index is 0.00710. The number of hydrogen-bond donors (Lipinski definition) is 1. The van der Waals surface area contributed by atoms with Crippen LogP contribution in [0.5, 0.6) is 0 Å². The Bertz CT molecular complexity index is 1190. The van der Waals surface area contributed by atoms with Gasteiger partial charge in [-0.25, -0.2) is 4.98 Å². The van der Waals surface area contributed by atoms with E-state index in [-0.39, 0.29) is 11.9 Å². The smallest absolute Gasteiger partial charge is 0.224 e. The molecule has 0 saturated heterocycles. The van der Waals surface area contributed by atoms with Crippen molar-refractivity contribution >= 4 is 28.6 Å². The average molecular weight is 441 g/mol. The minimum atomic E-state index is 0.00710. The Morgan fingerprint density at radius 1 is 0.906 bits per heavy atom. The molecule has 1 atom stereocenters. The van der Waals surface area contributed by atoms with Gasteiger partial charge in [-0.1, -0.05) is 92.7 Å². The monoisotopic (exact) mass is 440 g/mol. The van der Waals surface area contributed by atoms with Crippen LogP contribution in [-0.2, 0) is 11.2 Å². The van der Waals surface area contributed by atoms with Crippen molar-refractivity contribution in [3.8, 4) is 11.3 Å². The first-order chi connectivity index (χ1) is 15.7. The van der Waals surface area contributed by atoms with E-state index in [0.717, 1.165) is 50.4 Å². The molecule has 4 aromatic rings. The summed E-state index contributed by atoms with van der Waals surface area (Å²) in [6.45, 7) is 4.24. The number of benzene rings is 3. The minimum Gasteiger partial charge on any atom is -0.349 e. The second-order valence-electron chi connectivity index (χ2n) is 7.70. The molecule has 162 valence electrons. The number of rotatable bonds is 8. The molecule has 0 spiro atoms. The predicted molar refractivity (Wildman–Crippen MR) is 135 cm³/mol. The molecule has 1 heterocycles. The number of thioether (sulfide) groups is 1. The fourth-order valence-corrected chi connectivity index (χ4v) is 4.99. The molecule has 0 aliphatic heterocycles. The number of para-hydroxylation sites is 1. The van der Waals surface area contributed by atoms with Gasteiger partial charge in [-0.3, -0.25) is 4.79 Å². The fourth-order valence-electron chi connectivity index (χ4n) is 4.04. The molecule has 0 unspecified atom stereocenters. The number of pyridine rings is 1. The molecule has 0 bridgehead atoms. The predicted octanol–water partition coefficient (Wildman–Crippen LogP) is 6.82. The molecule has 4 rings (SSSR count). The van der Waals surface area contributed by atoms with E-state index in [4.69, 9.17) is 4.98 Å². The van der Waals surface area contributed by atoms with Crippen LogP contribution < -0.4 is 5.32 Å². The number of fused-ring (bicyclic) bond motifs is 1. The average Bonchev–Trinajstić information content (AvgIpc) is 2.85. The van der Waals surface area contributed by atoms with E-state index in [0.29, 0.717) is 6.42 Å². The lowest BCUT2D eigenvalue weighted by molar-refractivity contribution is -0.121. The molecule has 0 saturated carbocycles. The molecule has 1 N–H and O–H groups in total. The number of amides is 1. The van der Waals surface area contributed by atoms with Crippen molar-refractivity contribution < 1.29 is 4.79 Å². The highest BCUT2D eigenvalue weighted by Gasteiger charge is 2.20. The van der Waals surface area contributed by atoms with E-state index in [9.17, 15) is 4.79 Å². The zero-order valence-corrected chi connectivity index (χ0v) is 19.4. The van der Waals surface area contributed by atoms with Gasteiger partial charge in [-0.2, -0.15) is 0 Å². The molecule has 0 aliphatic carbocycles. The van der Waals surface area contributed by atoms with Crippen LogP contribution >= 0.6 is 11.8 Å². The van der Waals surface area contributed by atoms with Gasteiger partial charge in [0.1, 0.15) is 0 Å². The molecule has 3 aromatic carbocycles. The normalized spacial score (nSPS) is 11.9. The molecule has 3 nitrogen and oxygen atoms in total. The summed E-state index contributed by atoms with van der Waals surface area (Å²) in [5, 5.41) is 4.30. The number of hydrogen-bond acceptors (Lipinski definition) is 3. The van der Waals surface area contributed by atoms with Gasteiger partial charge in [0.25, 0.3) is 0 Å². The largest absolute Gasteiger partial charge is 0.349 e. The number of aromatic nitrogens is 1. The third-order valence-electron chi connectivity index (χ3n) is 5.57. The number of nitrogens with zero attached hydrogens (tertiary/aromatic N) is 1. The Morgan fingerprint density at radius 3 is 2.25 bits per heavy atom. The van der Waals surface area contributed by atoms with Crippen molar-refractivity contribution in [2.24, 2.45) is 0 Å². The van der Waals surface area contributed by atoms with Crippen molar-refractivity contribution in [2.75, 3.05) is 5.75 Å². The van der Waals surface area contributed by atoms with Gasteiger partial charge >= 0.3 is 0 Å². The highest BCUT2D eigenvalue weighted by atomic mass is 32.2. The third kappa shape index (κ3) is 4.86. The summed E-state index contributed by atoms with van der Waals surface area (Å²) in [7, 11) is 0. The van der Waals surface area contributed by atoms with Crippen molar-refractivity contribution in [1.82, 2.24) is 10.3 Å². The second-order valence-corrected chi connectivity index (χ2v) is 8.97. The zero-order chi connectivity index (χ0) is 22.3. The first-order valence-electron chi connectivity index (χ1n) is 11.1. The summed E-state index contributed by atoms with van der Waals surface area (Å²) in [5.74, 6) is 0.949. The van der Waals surface area contributed by atoms with Gasteiger partial charge in [0, 0.05) is 15.8 Å². The van der Waals surface area contributed by atoms with Crippen molar-refractivity contribution in [3.63, 3.8) is 0 Å². The van der Waals surface area contributed by atoms with Crippen LogP contribution in [-0.4, -0.2) is 16.6 Å². The van der Waals surface area contributed by atoms with Gasteiger partial charge < -0.3 is 5.32 Å². The molecular weight excluding hydrogens is 412 g/mol. The van der Waals surface area contributed by atoms with Gasteiger partial charge in [0.05, 0.1) is 23.7 Å². The molecule has 0 radical (unpaired) electrons. The van der Waals surface area contributed by atoms with Gasteiger partial charge in [-0.05, 0) is 29.4 Å². The summed E-state index contributed by atoms with van der Waals surface area (Å²) in [6.07, 6.45) is 1.17. The van der Waals surface area contributed by atoms with Crippen LogP contribution in [0.4, 0.5) is 0 Å². The summed E-state index contributed by atoms with van der Waals surface area (Å²) >= 11 is 1.76. The lowest BCUT2D eigenvalue weighted by atomic mass is 10.00. The lowest BCUT2D eigenvalue weighted by Gasteiger charge is -2.20. The van der Waals surface area contributed by atoms with Gasteiger partial charge in [-0.15, -0.1) is 11.8 Å². The van der Waals surface area contributed by atoms with E-state index in [1.54, 1.807) is 11.8 Å². The van der Waals surface area contributed by atoms with Crippen LogP contribution in [0.15, 0.2) is 89.8 Å². The van der Waals surface area contributed by atoms with Crippen LogP contribution in [0.2, 0.25) is 0 Å². The van der Waals surface area contributed by atoms with Gasteiger partial charge in [0.2, 0.25) is 5.91 Å². The van der Waals surface area contributed by atoms with E-state index in [2.05, 4.69) is 49.5 Å².